The average molecular weight is 233 g/mol. The Hall–Kier alpha value is -1.42. The number of nitrogens with one attached hydrogen (secondary N) is 1. The van der Waals surface area contributed by atoms with Crippen LogP contribution in [0.15, 0.2) is 18.3 Å². The molecule has 0 bridgehead atoms. The van der Waals surface area contributed by atoms with Gasteiger partial charge in [-0.05, 0) is 44.2 Å². The highest BCUT2D eigenvalue weighted by Gasteiger charge is 2.22. The van der Waals surface area contributed by atoms with Gasteiger partial charge in [-0.3, -0.25) is 9.78 Å². The lowest BCUT2D eigenvalue weighted by atomic mass is 10.1. The lowest BCUT2D eigenvalue weighted by molar-refractivity contribution is 0.0947. The van der Waals surface area contributed by atoms with Gasteiger partial charge >= 0.3 is 0 Å². The number of rotatable bonds is 3. The molecule has 4 nitrogen and oxygen atoms in total. The molecule has 92 valence electrons. The predicted molar refractivity (Wildman–Crippen MR) is 66.6 cm³/mol. The van der Waals surface area contributed by atoms with Crippen molar-refractivity contribution in [3.05, 3.63) is 29.6 Å². The number of aromatic nitrogens is 1. The number of carbonyl (C=O) groups excluding carboxylic acids is 1. The van der Waals surface area contributed by atoms with Gasteiger partial charge in [-0.2, -0.15) is 0 Å². The van der Waals surface area contributed by atoms with Crippen LogP contribution >= 0.6 is 0 Å². The summed E-state index contributed by atoms with van der Waals surface area (Å²) >= 11 is 0. The van der Waals surface area contributed by atoms with Crippen LogP contribution in [0.4, 0.5) is 0 Å². The summed E-state index contributed by atoms with van der Waals surface area (Å²) in [5, 5.41) is 2.97. The van der Waals surface area contributed by atoms with E-state index < -0.39 is 0 Å². The fraction of sp³-hybridized carbons (Fsp3) is 0.538. The second kappa shape index (κ2) is 5.27. The van der Waals surface area contributed by atoms with Crippen molar-refractivity contribution in [2.75, 3.05) is 6.54 Å². The molecule has 0 aliphatic heterocycles. The standard InChI is InChI=1S/C13H19N3O/c1-9-6-11(4-5-15-9)13(17)16-8-10-2-3-12(14)7-10/h4-6,10,12H,2-3,7-8,14H2,1H3,(H,16,17). The minimum Gasteiger partial charge on any atom is -0.352 e. The van der Waals surface area contributed by atoms with Crippen molar-refractivity contribution in [3.63, 3.8) is 0 Å². The molecule has 3 N–H and O–H groups in total. The Labute approximate surface area is 102 Å². The molecular weight excluding hydrogens is 214 g/mol. The molecule has 17 heavy (non-hydrogen) atoms. The van der Waals surface area contributed by atoms with Crippen LogP contribution in [0.5, 0.6) is 0 Å². The van der Waals surface area contributed by atoms with Crippen LogP contribution in [-0.4, -0.2) is 23.5 Å². The third-order valence-corrected chi connectivity index (χ3v) is 3.29. The molecule has 2 atom stereocenters. The molecule has 1 heterocycles. The van der Waals surface area contributed by atoms with Crippen LogP contribution in [-0.2, 0) is 0 Å². The first kappa shape index (κ1) is 12.0. The second-order valence-electron chi connectivity index (χ2n) is 4.84. The summed E-state index contributed by atoms with van der Waals surface area (Å²) in [6.07, 6.45) is 4.89. The van der Waals surface area contributed by atoms with Crippen LogP contribution in [0.2, 0.25) is 0 Å². The minimum atomic E-state index is -0.0176. The fourth-order valence-electron chi connectivity index (χ4n) is 2.32. The second-order valence-corrected chi connectivity index (χ2v) is 4.84. The van der Waals surface area contributed by atoms with Crippen molar-refractivity contribution in [1.82, 2.24) is 10.3 Å². The molecule has 2 unspecified atom stereocenters. The summed E-state index contributed by atoms with van der Waals surface area (Å²) in [5.74, 6) is 0.521. The molecule has 1 aromatic heterocycles. The van der Waals surface area contributed by atoms with E-state index in [9.17, 15) is 4.79 Å². The fourth-order valence-corrected chi connectivity index (χ4v) is 2.32. The normalized spacial score (nSPS) is 23.6. The Bertz CT molecular complexity index is 405. The first-order valence-corrected chi connectivity index (χ1v) is 6.11. The minimum absolute atomic E-state index is 0.0176. The lowest BCUT2D eigenvalue weighted by Crippen LogP contribution is -2.29. The van der Waals surface area contributed by atoms with Gasteiger partial charge in [0.2, 0.25) is 0 Å². The van der Waals surface area contributed by atoms with E-state index in [0.717, 1.165) is 31.5 Å². The third kappa shape index (κ3) is 3.27. The van der Waals surface area contributed by atoms with Crippen LogP contribution < -0.4 is 11.1 Å². The predicted octanol–water partition coefficient (Wildman–Crippen LogP) is 1.25. The quantitative estimate of drug-likeness (QED) is 0.825. The smallest absolute Gasteiger partial charge is 0.251 e. The number of hydrogen-bond donors (Lipinski definition) is 2. The largest absolute Gasteiger partial charge is 0.352 e. The van der Waals surface area contributed by atoms with Gasteiger partial charge in [0.1, 0.15) is 0 Å². The van der Waals surface area contributed by atoms with Crippen molar-refractivity contribution >= 4 is 5.91 Å². The molecular formula is C13H19N3O. The van der Waals surface area contributed by atoms with Gasteiger partial charge < -0.3 is 11.1 Å². The molecule has 2 rings (SSSR count). The number of aryl methyl sites for hydroxylation is 1. The van der Waals surface area contributed by atoms with Crippen molar-refractivity contribution in [2.24, 2.45) is 11.7 Å². The zero-order valence-corrected chi connectivity index (χ0v) is 10.1. The number of hydrogen-bond acceptors (Lipinski definition) is 3. The molecule has 0 radical (unpaired) electrons. The van der Waals surface area contributed by atoms with E-state index in [4.69, 9.17) is 5.73 Å². The zero-order chi connectivity index (χ0) is 12.3. The molecule has 1 aliphatic carbocycles. The molecule has 1 aromatic rings. The third-order valence-electron chi connectivity index (χ3n) is 3.29. The SMILES string of the molecule is Cc1cc(C(=O)NCC2CCC(N)C2)ccn1. The summed E-state index contributed by atoms with van der Waals surface area (Å²) in [7, 11) is 0. The summed E-state index contributed by atoms with van der Waals surface area (Å²) in [6, 6.07) is 3.86. The van der Waals surface area contributed by atoms with Gasteiger partial charge in [0, 0.05) is 30.0 Å². The van der Waals surface area contributed by atoms with E-state index in [1.165, 1.54) is 0 Å². The van der Waals surface area contributed by atoms with Crippen molar-refractivity contribution in [2.45, 2.75) is 32.2 Å². The number of amides is 1. The Kier molecular flexibility index (Phi) is 3.74. The molecule has 1 fully saturated rings. The molecule has 4 heteroatoms. The van der Waals surface area contributed by atoms with E-state index in [1.807, 2.05) is 6.92 Å². The van der Waals surface area contributed by atoms with E-state index >= 15 is 0 Å². The van der Waals surface area contributed by atoms with Gasteiger partial charge in [-0.1, -0.05) is 0 Å². The lowest BCUT2D eigenvalue weighted by Gasteiger charge is -2.11. The highest BCUT2D eigenvalue weighted by Crippen LogP contribution is 2.23. The van der Waals surface area contributed by atoms with Crippen LogP contribution in [0, 0.1) is 12.8 Å². The van der Waals surface area contributed by atoms with Crippen LogP contribution in [0.1, 0.15) is 35.3 Å². The van der Waals surface area contributed by atoms with E-state index in [2.05, 4.69) is 10.3 Å². The Morgan fingerprint density at radius 2 is 2.41 bits per heavy atom. The molecule has 1 saturated carbocycles. The van der Waals surface area contributed by atoms with E-state index in [1.54, 1.807) is 18.3 Å². The van der Waals surface area contributed by atoms with Crippen LogP contribution in [0.25, 0.3) is 0 Å². The Morgan fingerprint density at radius 1 is 1.59 bits per heavy atom. The number of nitrogens with two attached hydrogens (primary N) is 1. The maximum atomic E-state index is 11.9. The summed E-state index contributed by atoms with van der Waals surface area (Å²) in [5.41, 5.74) is 7.38. The number of nitrogens with zero attached hydrogens (tertiary/aromatic N) is 1. The molecule has 1 amide bonds. The summed E-state index contributed by atoms with van der Waals surface area (Å²) < 4.78 is 0. The van der Waals surface area contributed by atoms with Crippen LogP contribution in [0.3, 0.4) is 0 Å². The highest BCUT2D eigenvalue weighted by atomic mass is 16.1. The van der Waals surface area contributed by atoms with E-state index in [-0.39, 0.29) is 5.91 Å². The number of carbonyl (C=O) groups is 1. The first-order chi connectivity index (χ1) is 8.15. The summed E-state index contributed by atoms with van der Waals surface area (Å²) in [6.45, 7) is 2.61. The van der Waals surface area contributed by atoms with Gasteiger partial charge in [-0.15, -0.1) is 0 Å². The highest BCUT2D eigenvalue weighted by molar-refractivity contribution is 5.94. The maximum absolute atomic E-state index is 11.9. The van der Waals surface area contributed by atoms with Gasteiger partial charge in [0.15, 0.2) is 0 Å². The molecule has 1 aliphatic rings. The van der Waals surface area contributed by atoms with E-state index in [0.29, 0.717) is 17.5 Å². The summed E-state index contributed by atoms with van der Waals surface area (Å²) in [4.78, 5) is 15.9. The zero-order valence-electron chi connectivity index (χ0n) is 10.1. The van der Waals surface area contributed by atoms with Crippen molar-refractivity contribution in [3.8, 4) is 0 Å². The molecule has 0 aromatic carbocycles. The number of pyridine rings is 1. The Balaban J connectivity index is 1.85. The van der Waals surface area contributed by atoms with Gasteiger partial charge in [0.25, 0.3) is 5.91 Å². The van der Waals surface area contributed by atoms with Crippen molar-refractivity contribution < 1.29 is 4.79 Å². The first-order valence-electron chi connectivity index (χ1n) is 6.11. The van der Waals surface area contributed by atoms with Gasteiger partial charge in [0.05, 0.1) is 0 Å². The molecule has 0 saturated heterocycles. The maximum Gasteiger partial charge on any atom is 0.251 e. The monoisotopic (exact) mass is 233 g/mol. The van der Waals surface area contributed by atoms with Gasteiger partial charge in [-0.25, -0.2) is 0 Å². The topological polar surface area (TPSA) is 68.0 Å². The Morgan fingerprint density at radius 3 is 3.06 bits per heavy atom. The average Bonchev–Trinajstić information content (AvgIpc) is 2.72. The van der Waals surface area contributed by atoms with Crippen molar-refractivity contribution in [1.29, 1.82) is 0 Å². The molecule has 0 spiro atoms.